The van der Waals surface area contributed by atoms with Gasteiger partial charge in [-0.15, -0.1) is 0 Å². The molecule has 4 aromatic rings. The molecule has 0 radical (unpaired) electrons. The van der Waals surface area contributed by atoms with Crippen molar-refractivity contribution < 1.29 is 63.3 Å². The van der Waals surface area contributed by atoms with Crippen LogP contribution in [0.1, 0.15) is 88.7 Å². The molecule has 0 bridgehead atoms. The van der Waals surface area contributed by atoms with E-state index in [0.29, 0.717) is 35.4 Å². The fourth-order valence-electron chi connectivity index (χ4n) is 9.41. The van der Waals surface area contributed by atoms with Crippen molar-refractivity contribution in [3.8, 4) is 5.75 Å². The Morgan fingerprint density at radius 1 is 0.659 bits per heavy atom. The zero-order valence-electron chi connectivity index (χ0n) is 47.8. The lowest BCUT2D eigenvalue weighted by Crippen LogP contribution is -2.62. The average molecular weight is 1180 g/mol. The van der Waals surface area contributed by atoms with E-state index in [9.17, 15) is 63.3 Å². The van der Waals surface area contributed by atoms with Crippen LogP contribution in [0.3, 0.4) is 0 Å². The monoisotopic (exact) mass is 1180 g/mol. The first kappa shape index (κ1) is 66.4. The SMILES string of the molecule is CCC(C)C(NC(=O)C(Cc1ccc(O)cc1)NC(=O)C(NC(=O)C(CCCN=C(N)N)NC(=O)C(N)CC(=O)O)C(C)C)C(=O)NC(Cc1cnc[nH]1)C(=O)N1CCCC1C(=O)NC(Cc1ccccc1)C(=O)NC(Cc1cnc[nH]1)C(=O)O. The van der Waals surface area contributed by atoms with Gasteiger partial charge in [0.1, 0.15) is 54.1 Å². The zero-order valence-corrected chi connectivity index (χ0v) is 47.8. The Bertz CT molecular complexity index is 2920. The molecule has 1 fully saturated rings. The third kappa shape index (κ3) is 20.8. The largest absolute Gasteiger partial charge is 0.508 e. The molecule has 0 spiro atoms. The Balaban J connectivity index is 1.38. The molecule has 10 unspecified atom stereocenters. The number of rotatable bonds is 33. The number of imidazole rings is 2. The minimum atomic E-state index is -1.52. The van der Waals surface area contributed by atoms with Gasteiger partial charge in [-0.1, -0.05) is 76.6 Å². The van der Waals surface area contributed by atoms with Gasteiger partial charge < -0.3 is 84.6 Å². The number of aliphatic carboxylic acids is 2. The van der Waals surface area contributed by atoms with Gasteiger partial charge in [-0.25, -0.2) is 14.8 Å². The molecule has 1 aliphatic rings. The third-order valence-electron chi connectivity index (χ3n) is 14.3. The highest BCUT2D eigenvalue weighted by molar-refractivity contribution is 5.99. The first-order valence-electron chi connectivity index (χ1n) is 27.9. The predicted octanol–water partition coefficient (Wildman–Crippen LogP) is -1.86. The number of likely N-dealkylation sites (tertiary alicyclic amines) is 1. The molecule has 1 aliphatic heterocycles. The summed E-state index contributed by atoms with van der Waals surface area (Å²) in [6, 6.07) is 2.25. The number of carboxylic acids is 2. The van der Waals surface area contributed by atoms with E-state index >= 15 is 0 Å². The number of aliphatic imine (C=N–C) groups is 1. The zero-order chi connectivity index (χ0) is 62.3. The van der Waals surface area contributed by atoms with Gasteiger partial charge >= 0.3 is 11.9 Å². The number of phenolic OH excluding ortho intramolecular Hbond substituents is 1. The van der Waals surface area contributed by atoms with Gasteiger partial charge in [-0.2, -0.15) is 0 Å². The highest BCUT2D eigenvalue weighted by atomic mass is 16.4. The second-order valence-corrected chi connectivity index (χ2v) is 21.2. The van der Waals surface area contributed by atoms with Crippen LogP contribution in [0.5, 0.6) is 5.75 Å². The fraction of sp³-hybridized carbons (Fsp3) is 0.482. The van der Waals surface area contributed by atoms with Crippen molar-refractivity contribution >= 4 is 65.2 Å². The second-order valence-electron chi connectivity index (χ2n) is 21.2. The van der Waals surface area contributed by atoms with Gasteiger partial charge in [-0.05, 0) is 60.8 Å². The molecule has 8 amide bonds. The van der Waals surface area contributed by atoms with Crippen molar-refractivity contribution in [1.82, 2.24) is 62.1 Å². The van der Waals surface area contributed by atoms with Gasteiger partial charge in [0.2, 0.25) is 47.3 Å². The summed E-state index contributed by atoms with van der Waals surface area (Å²) < 4.78 is 0. The van der Waals surface area contributed by atoms with E-state index in [1.54, 1.807) is 58.0 Å². The van der Waals surface area contributed by atoms with Crippen molar-refractivity contribution in [2.45, 2.75) is 146 Å². The number of aromatic amines is 2. The van der Waals surface area contributed by atoms with Crippen molar-refractivity contribution in [3.05, 3.63) is 102 Å². The number of hydrogen-bond acceptors (Lipinski definition) is 15. The number of phenols is 1. The topological polar surface area (TPSA) is 467 Å². The van der Waals surface area contributed by atoms with Crippen LogP contribution in [0.25, 0.3) is 0 Å². The summed E-state index contributed by atoms with van der Waals surface area (Å²) in [7, 11) is 0. The highest BCUT2D eigenvalue weighted by Crippen LogP contribution is 2.22. The lowest BCUT2D eigenvalue weighted by molar-refractivity contribution is -0.143. The minimum Gasteiger partial charge on any atom is -0.508 e. The predicted molar refractivity (Wildman–Crippen MR) is 307 cm³/mol. The number of aromatic hydroxyl groups is 1. The molecule has 2 aromatic carbocycles. The van der Waals surface area contributed by atoms with Gasteiger partial charge in [0.15, 0.2) is 5.96 Å². The maximum Gasteiger partial charge on any atom is 0.326 e. The Hall–Kier alpha value is -9.41. The van der Waals surface area contributed by atoms with Crippen molar-refractivity contribution in [2.24, 2.45) is 34.0 Å². The van der Waals surface area contributed by atoms with Crippen LogP contribution in [-0.2, 0) is 73.6 Å². The smallest absolute Gasteiger partial charge is 0.326 e. The summed E-state index contributed by atoms with van der Waals surface area (Å²) in [5, 5.41) is 48.0. The Kier molecular flexibility index (Phi) is 25.3. The van der Waals surface area contributed by atoms with E-state index in [4.69, 9.17) is 17.2 Å². The number of benzene rings is 2. The van der Waals surface area contributed by atoms with E-state index in [2.05, 4.69) is 62.1 Å². The van der Waals surface area contributed by atoms with E-state index < -0.39 is 132 Å². The number of carbonyl (C=O) groups excluding carboxylic acids is 8. The van der Waals surface area contributed by atoms with Crippen molar-refractivity contribution in [2.75, 3.05) is 13.1 Å². The third-order valence-corrected chi connectivity index (χ3v) is 14.3. The maximum absolute atomic E-state index is 14.9. The maximum atomic E-state index is 14.9. The minimum absolute atomic E-state index is 0.0369. The molecule has 29 nitrogen and oxygen atoms in total. The molecule has 29 heteroatoms. The number of nitrogens with two attached hydrogens (primary N) is 3. The molecule has 10 atom stereocenters. The summed E-state index contributed by atoms with van der Waals surface area (Å²) in [6.07, 6.45) is 5.29. The molecular formula is C56H78N16O13. The number of H-pyrrole nitrogens is 2. The molecular weight excluding hydrogens is 1100 g/mol. The van der Waals surface area contributed by atoms with Crippen LogP contribution in [-0.4, -0.2) is 173 Å². The summed E-state index contributed by atoms with van der Waals surface area (Å²) >= 11 is 0. The van der Waals surface area contributed by atoms with Crippen LogP contribution in [0, 0.1) is 11.8 Å². The van der Waals surface area contributed by atoms with Crippen molar-refractivity contribution in [3.63, 3.8) is 0 Å². The van der Waals surface area contributed by atoms with Gasteiger partial charge in [0, 0.05) is 62.6 Å². The molecule has 5 rings (SSSR count). The Morgan fingerprint density at radius 3 is 1.75 bits per heavy atom. The van der Waals surface area contributed by atoms with Gasteiger partial charge in [0.05, 0.1) is 25.1 Å². The van der Waals surface area contributed by atoms with E-state index in [-0.39, 0.29) is 69.7 Å². The van der Waals surface area contributed by atoms with Crippen LogP contribution >= 0.6 is 0 Å². The number of carboxylic acid groups (broad SMARTS) is 2. The summed E-state index contributed by atoms with van der Waals surface area (Å²) in [5.74, 6) is -10.7. The van der Waals surface area contributed by atoms with Crippen LogP contribution in [0.4, 0.5) is 0 Å². The van der Waals surface area contributed by atoms with Gasteiger partial charge in [0.25, 0.3) is 0 Å². The van der Waals surface area contributed by atoms with Crippen LogP contribution < -0.4 is 54.4 Å². The van der Waals surface area contributed by atoms with Gasteiger partial charge in [-0.3, -0.25) is 48.1 Å². The molecule has 2 aromatic heterocycles. The van der Waals surface area contributed by atoms with Crippen LogP contribution in [0.2, 0.25) is 0 Å². The number of nitrogens with one attached hydrogen (secondary N) is 9. The van der Waals surface area contributed by atoms with Crippen LogP contribution in [0.15, 0.2) is 84.6 Å². The summed E-state index contributed by atoms with van der Waals surface area (Å²) in [5.41, 5.74) is 18.7. The number of amides is 8. The lowest BCUT2D eigenvalue weighted by atomic mass is 9.96. The first-order valence-corrected chi connectivity index (χ1v) is 27.9. The normalized spacial score (nSPS) is 16.1. The molecule has 460 valence electrons. The standard InChI is InChI=1S/C56H78N16O13/c1-5-31(4)46(71-50(79)40(22-33-15-17-36(73)18-16-33)67-52(81)45(30(2)3)70-48(77)38(13-9-19-62-56(58)59)65-47(76)37(57)25-44(74)75)53(82)68-41(23-34-26-60-28-63-34)54(83)72-20-10-14-43(72)51(80)66-39(21-32-11-7-6-8-12-32)49(78)69-42(55(84)85)24-35-27-61-29-64-35/h6-8,11-12,15-18,26-31,37-43,45-46,73H,5,9-10,13-14,19-25,57H2,1-4H3,(H,60,63)(H,61,64)(H,65,76)(H,66,80)(H,67,81)(H,68,82)(H,69,78)(H,70,77)(H,71,79)(H,74,75)(H,84,85)(H4,58,59,62). The summed E-state index contributed by atoms with van der Waals surface area (Å²) in [4.78, 5) is 157. The highest BCUT2D eigenvalue weighted by Gasteiger charge is 2.41. The van der Waals surface area contributed by atoms with E-state index in [1.165, 1.54) is 54.2 Å². The second kappa shape index (κ2) is 32.4. The first-order chi connectivity index (χ1) is 40.4. The number of hydrogen-bond donors (Lipinski definition) is 15. The van der Waals surface area contributed by atoms with E-state index in [0.717, 1.165) is 0 Å². The lowest BCUT2D eigenvalue weighted by Gasteiger charge is -2.32. The number of aromatic nitrogens is 4. The molecule has 85 heavy (non-hydrogen) atoms. The molecule has 0 aliphatic carbocycles. The summed E-state index contributed by atoms with van der Waals surface area (Å²) in [6.45, 7) is 6.81. The average Bonchev–Trinajstić information content (AvgIpc) is 4.24. The number of guanidine groups is 1. The Morgan fingerprint density at radius 2 is 1.19 bits per heavy atom. The molecule has 1 saturated heterocycles. The fourth-order valence-corrected chi connectivity index (χ4v) is 9.41. The number of nitrogens with zero attached hydrogens (tertiary/aromatic N) is 4. The van der Waals surface area contributed by atoms with E-state index in [1.807, 2.05) is 0 Å². The molecule has 18 N–H and O–H groups in total. The number of carbonyl (C=O) groups is 10. The molecule has 3 heterocycles. The quantitative estimate of drug-likeness (QED) is 0.0141. The molecule has 0 saturated carbocycles. The van der Waals surface area contributed by atoms with Crippen molar-refractivity contribution in [1.29, 1.82) is 0 Å². The Labute approximate surface area is 490 Å².